The van der Waals surface area contributed by atoms with Crippen molar-refractivity contribution in [1.29, 1.82) is 0 Å². The Morgan fingerprint density at radius 1 is 1.27 bits per heavy atom. The van der Waals surface area contributed by atoms with Crippen LogP contribution in [0.2, 0.25) is 0 Å². The molecule has 26 heavy (non-hydrogen) atoms. The van der Waals surface area contributed by atoms with Gasteiger partial charge in [-0.3, -0.25) is 14.3 Å². The van der Waals surface area contributed by atoms with Crippen molar-refractivity contribution in [3.8, 4) is 0 Å². The fourth-order valence-electron chi connectivity index (χ4n) is 3.31. The van der Waals surface area contributed by atoms with E-state index in [2.05, 4.69) is 10.4 Å². The van der Waals surface area contributed by atoms with Crippen LogP contribution in [0.25, 0.3) is 0 Å². The Kier molecular flexibility index (Phi) is 6.18. The van der Waals surface area contributed by atoms with Crippen LogP contribution in [0.4, 0.5) is 0 Å². The Morgan fingerprint density at radius 3 is 2.42 bits per heavy atom. The van der Waals surface area contributed by atoms with Crippen LogP contribution in [0.5, 0.6) is 0 Å². The van der Waals surface area contributed by atoms with Crippen LogP contribution < -0.4 is 5.32 Å². The number of carbonyl (C=O) groups is 2. The van der Waals surface area contributed by atoms with Crippen molar-refractivity contribution in [2.75, 3.05) is 6.54 Å². The van der Waals surface area contributed by atoms with E-state index >= 15 is 0 Å². The van der Waals surface area contributed by atoms with Gasteiger partial charge in [-0.25, -0.2) is 0 Å². The van der Waals surface area contributed by atoms with E-state index in [0.29, 0.717) is 12.0 Å². The molecule has 1 heterocycles. The zero-order valence-electron chi connectivity index (χ0n) is 15.8. The van der Waals surface area contributed by atoms with Gasteiger partial charge in [0.25, 0.3) is 0 Å². The first-order chi connectivity index (χ1) is 12.3. The van der Waals surface area contributed by atoms with E-state index in [1.807, 2.05) is 56.6 Å². The molecule has 0 aliphatic rings. The maximum Gasteiger partial charge on any atom is 0.315 e. The Labute approximate surface area is 154 Å². The lowest BCUT2D eigenvalue weighted by atomic mass is 9.78. The average molecular weight is 357 g/mol. The first-order valence-corrected chi connectivity index (χ1v) is 8.88. The molecule has 0 saturated heterocycles. The molecule has 0 aliphatic heterocycles. The summed E-state index contributed by atoms with van der Waals surface area (Å²) in [6.45, 7) is 7.69. The Morgan fingerprint density at radius 2 is 1.92 bits per heavy atom. The van der Waals surface area contributed by atoms with Crippen molar-refractivity contribution in [3.05, 3.63) is 53.3 Å². The van der Waals surface area contributed by atoms with Crippen molar-refractivity contribution in [2.24, 2.45) is 0 Å². The summed E-state index contributed by atoms with van der Waals surface area (Å²) in [5, 5.41) is 17.1. The maximum atomic E-state index is 12.4. The molecule has 0 radical (unpaired) electrons. The minimum absolute atomic E-state index is 0.0610. The number of aromatic nitrogens is 2. The summed E-state index contributed by atoms with van der Waals surface area (Å²) in [6, 6.07) is 10.9. The van der Waals surface area contributed by atoms with Crippen molar-refractivity contribution in [3.63, 3.8) is 0 Å². The van der Waals surface area contributed by atoms with Gasteiger partial charge in [-0.2, -0.15) is 5.10 Å². The van der Waals surface area contributed by atoms with Crippen LogP contribution in [0, 0.1) is 13.8 Å². The van der Waals surface area contributed by atoms with Gasteiger partial charge in [0.2, 0.25) is 5.91 Å². The van der Waals surface area contributed by atoms with Gasteiger partial charge in [-0.1, -0.05) is 37.3 Å². The molecule has 2 N–H and O–H groups in total. The molecule has 2 unspecified atom stereocenters. The number of carbonyl (C=O) groups excluding carboxylic acids is 1. The van der Waals surface area contributed by atoms with Crippen LogP contribution in [0.1, 0.15) is 49.7 Å². The number of rotatable bonds is 8. The summed E-state index contributed by atoms with van der Waals surface area (Å²) in [6.07, 6.45) is 0.635. The van der Waals surface area contributed by atoms with Gasteiger partial charge in [0.05, 0.1) is 11.7 Å². The zero-order valence-corrected chi connectivity index (χ0v) is 15.8. The molecule has 2 aromatic rings. The third kappa shape index (κ3) is 4.12. The molecule has 0 saturated carbocycles. The zero-order chi connectivity index (χ0) is 19.3. The first kappa shape index (κ1) is 19.7. The summed E-state index contributed by atoms with van der Waals surface area (Å²) in [7, 11) is 0. The normalized spacial score (nSPS) is 14.5. The number of hydrogen-bond acceptors (Lipinski definition) is 3. The standard InChI is InChI=1S/C20H27N3O3/c1-5-20(19(25)26,17-9-7-6-8-10-17)13-21-18(24)12-16(4)23-15(3)11-14(2)22-23/h6-11,16H,5,12-13H2,1-4H3,(H,21,24)(H,25,26). The molecular weight excluding hydrogens is 330 g/mol. The third-order valence-corrected chi connectivity index (χ3v) is 4.87. The highest BCUT2D eigenvalue weighted by molar-refractivity contribution is 5.83. The minimum Gasteiger partial charge on any atom is -0.481 e. The largest absolute Gasteiger partial charge is 0.481 e. The number of nitrogens with one attached hydrogen (secondary N) is 1. The summed E-state index contributed by atoms with van der Waals surface area (Å²) >= 11 is 0. The number of aryl methyl sites for hydroxylation is 2. The minimum atomic E-state index is -1.13. The highest BCUT2D eigenvalue weighted by atomic mass is 16.4. The molecule has 6 heteroatoms. The van der Waals surface area contributed by atoms with Crippen molar-refractivity contribution >= 4 is 11.9 Å². The second-order valence-electron chi connectivity index (χ2n) is 6.81. The van der Waals surface area contributed by atoms with E-state index in [1.165, 1.54) is 0 Å². The number of carboxylic acids is 1. The topological polar surface area (TPSA) is 84.2 Å². The average Bonchev–Trinajstić information content (AvgIpc) is 2.95. The van der Waals surface area contributed by atoms with Crippen molar-refractivity contribution < 1.29 is 14.7 Å². The van der Waals surface area contributed by atoms with Crippen molar-refractivity contribution in [2.45, 2.75) is 52.0 Å². The van der Waals surface area contributed by atoms with Gasteiger partial charge < -0.3 is 10.4 Å². The number of carboxylic acid groups (broad SMARTS) is 1. The molecule has 1 aromatic heterocycles. The van der Waals surface area contributed by atoms with E-state index in [-0.39, 0.29) is 24.9 Å². The summed E-state index contributed by atoms with van der Waals surface area (Å²) in [5.74, 6) is -1.11. The number of nitrogens with zero attached hydrogens (tertiary/aromatic N) is 2. The summed E-state index contributed by atoms with van der Waals surface area (Å²) in [4.78, 5) is 24.4. The lowest BCUT2D eigenvalue weighted by molar-refractivity contribution is -0.144. The molecule has 0 bridgehead atoms. The molecule has 0 fully saturated rings. The highest BCUT2D eigenvalue weighted by Crippen LogP contribution is 2.28. The molecule has 1 amide bonds. The fraction of sp³-hybridized carbons (Fsp3) is 0.450. The molecule has 2 atom stereocenters. The predicted octanol–water partition coefficient (Wildman–Crippen LogP) is 3.00. The molecule has 1 aromatic carbocycles. The smallest absolute Gasteiger partial charge is 0.315 e. The first-order valence-electron chi connectivity index (χ1n) is 8.88. The van der Waals surface area contributed by atoms with Gasteiger partial charge in [0.1, 0.15) is 5.41 Å². The van der Waals surface area contributed by atoms with E-state index in [1.54, 1.807) is 12.1 Å². The second-order valence-corrected chi connectivity index (χ2v) is 6.81. The van der Waals surface area contributed by atoms with Crippen LogP contribution in [-0.2, 0) is 15.0 Å². The monoisotopic (exact) mass is 357 g/mol. The van der Waals surface area contributed by atoms with Gasteiger partial charge in [-0.15, -0.1) is 0 Å². The summed E-state index contributed by atoms with van der Waals surface area (Å²) in [5.41, 5.74) is 1.48. The van der Waals surface area contributed by atoms with Crippen molar-refractivity contribution in [1.82, 2.24) is 15.1 Å². The maximum absolute atomic E-state index is 12.4. The quantitative estimate of drug-likeness (QED) is 0.761. The van der Waals surface area contributed by atoms with Crippen LogP contribution >= 0.6 is 0 Å². The van der Waals surface area contributed by atoms with Gasteiger partial charge in [-0.05, 0) is 38.8 Å². The van der Waals surface area contributed by atoms with Gasteiger partial charge >= 0.3 is 5.97 Å². The van der Waals surface area contributed by atoms with E-state index in [4.69, 9.17) is 0 Å². The molecule has 0 spiro atoms. The molecule has 6 nitrogen and oxygen atoms in total. The summed E-state index contributed by atoms with van der Waals surface area (Å²) < 4.78 is 1.83. The highest BCUT2D eigenvalue weighted by Gasteiger charge is 2.39. The second kappa shape index (κ2) is 8.17. The predicted molar refractivity (Wildman–Crippen MR) is 100 cm³/mol. The van der Waals surface area contributed by atoms with E-state index in [9.17, 15) is 14.7 Å². The molecule has 140 valence electrons. The molecular formula is C20H27N3O3. The Balaban J connectivity index is 2.08. The van der Waals surface area contributed by atoms with Crippen LogP contribution in [0.3, 0.4) is 0 Å². The van der Waals surface area contributed by atoms with Gasteiger partial charge in [0, 0.05) is 18.7 Å². The Hall–Kier alpha value is -2.63. The number of amides is 1. The van der Waals surface area contributed by atoms with Gasteiger partial charge in [0.15, 0.2) is 0 Å². The number of benzene rings is 1. The SMILES string of the molecule is CCC(CNC(=O)CC(C)n1nc(C)cc1C)(C(=O)O)c1ccccc1. The van der Waals surface area contributed by atoms with E-state index in [0.717, 1.165) is 11.4 Å². The van der Waals surface area contributed by atoms with E-state index < -0.39 is 11.4 Å². The number of hydrogen-bond donors (Lipinski definition) is 2. The lowest BCUT2D eigenvalue weighted by Crippen LogP contribution is -2.46. The lowest BCUT2D eigenvalue weighted by Gasteiger charge is -2.29. The molecule has 2 rings (SSSR count). The third-order valence-electron chi connectivity index (χ3n) is 4.87. The fourth-order valence-corrected chi connectivity index (χ4v) is 3.31. The number of aliphatic carboxylic acids is 1. The Bertz CT molecular complexity index is 770. The van der Waals surface area contributed by atoms with Crippen LogP contribution in [0.15, 0.2) is 36.4 Å². The molecule has 0 aliphatic carbocycles. The van der Waals surface area contributed by atoms with Crippen LogP contribution in [-0.4, -0.2) is 33.3 Å².